The predicted molar refractivity (Wildman–Crippen MR) is 158 cm³/mol. The van der Waals surface area contributed by atoms with Gasteiger partial charge in [0.2, 0.25) is 5.91 Å². The van der Waals surface area contributed by atoms with E-state index in [1.807, 2.05) is 63.2 Å². The first-order valence-corrected chi connectivity index (χ1v) is 13.7. The Labute approximate surface area is 245 Å². The number of nitrogens with one attached hydrogen (secondary N) is 1. The number of rotatable bonds is 10. The maximum Gasteiger partial charge on any atom is 0.408 e. The van der Waals surface area contributed by atoms with E-state index in [1.54, 1.807) is 6.08 Å². The van der Waals surface area contributed by atoms with Gasteiger partial charge in [-0.3, -0.25) is 4.79 Å². The van der Waals surface area contributed by atoms with Crippen molar-refractivity contribution in [3.63, 3.8) is 0 Å². The van der Waals surface area contributed by atoms with Crippen molar-refractivity contribution < 1.29 is 33.4 Å². The van der Waals surface area contributed by atoms with Gasteiger partial charge in [0.05, 0.1) is 13.7 Å². The molecule has 2 aromatic rings. The minimum Gasteiger partial charge on any atom is -0.490 e. The van der Waals surface area contributed by atoms with E-state index in [4.69, 9.17) is 19.0 Å². The molecule has 2 amide bonds. The van der Waals surface area contributed by atoms with Gasteiger partial charge in [0.15, 0.2) is 0 Å². The number of likely N-dealkylation sites (tertiary alicyclic amines) is 1. The number of carbonyl (C=O) groups is 3. The van der Waals surface area contributed by atoms with Gasteiger partial charge in [-0.15, -0.1) is 0 Å². The molecular weight excluding hydrogens is 538 g/mol. The van der Waals surface area contributed by atoms with Crippen molar-refractivity contribution in [2.24, 2.45) is 10.6 Å². The minimum absolute atomic E-state index is 0.00420. The lowest BCUT2D eigenvalue weighted by atomic mass is 9.85. The lowest BCUT2D eigenvalue weighted by Crippen LogP contribution is -2.57. The highest BCUT2D eigenvalue weighted by Gasteiger charge is 2.46. The fraction of sp³-hybridized carbons (Fsp3) is 0.375. The highest BCUT2D eigenvalue weighted by atomic mass is 16.6. The number of alkyl carbamates (subject to hydrolysis) is 1. The van der Waals surface area contributed by atoms with Crippen LogP contribution < -0.4 is 10.1 Å². The normalized spacial score (nSPS) is 18.9. The number of carbonyl (C=O) groups excluding carboxylic acids is 3. The monoisotopic (exact) mass is 575 g/mol. The molecule has 10 heteroatoms. The van der Waals surface area contributed by atoms with Crippen molar-refractivity contribution >= 4 is 23.7 Å². The topological polar surface area (TPSA) is 116 Å². The molecular formula is C32H37N3O7. The van der Waals surface area contributed by atoms with Gasteiger partial charge in [-0.2, -0.15) is 0 Å². The van der Waals surface area contributed by atoms with E-state index in [9.17, 15) is 14.4 Å². The lowest BCUT2D eigenvalue weighted by molar-refractivity contribution is -0.152. The Morgan fingerprint density at radius 2 is 1.74 bits per heavy atom. The van der Waals surface area contributed by atoms with Crippen molar-refractivity contribution in [1.82, 2.24) is 10.2 Å². The molecule has 3 atom stereocenters. The van der Waals surface area contributed by atoms with Gasteiger partial charge in [-0.05, 0) is 34.7 Å². The summed E-state index contributed by atoms with van der Waals surface area (Å²) >= 11 is 0. The lowest BCUT2D eigenvalue weighted by Gasteiger charge is -2.34. The Morgan fingerprint density at radius 3 is 2.40 bits per heavy atom. The van der Waals surface area contributed by atoms with E-state index in [1.165, 1.54) is 18.1 Å². The highest BCUT2D eigenvalue weighted by Crippen LogP contribution is 2.39. The second kappa shape index (κ2) is 12.9. The Morgan fingerprint density at radius 1 is 1.05 bits per heavy atom. The van der Waals surface area contributed by atoms with Crippen LogP contribution in [0.2, 0.25) is 0 Å². The second-order valence-corrected chi connectivity index (χ2v) is 11.1. The Balaban J connectivity index is 1.60. The summed E-state index contributed by atoms with van der Waals surface area (Å²) in [7, 11) is 1.27. The number of esters is 1. The SMILES string of the molecule is C=CCOC(=O)N[C@H](C(=O)N1C[C@H](O/N=C2/c3ccccc3-c3ccc(OCC=C)cc32)C[C@H]1C(=O)OC)C(C)(C)C. The van der Waals surface area contributed by atoms with Crippen LogP contribution in [0.3, 0.4) is 0 Å². The van der Waals surface area contributed by atoms with Crippen LogP contribution in [0.4, 0.5) is 4.79 Å². The zero-order chi connectivity index (χ0) is 30.4. The summed E-state index contributed by atoms with van der Waals surface area (Å²) in [6.45, 7) is 13.1. The number of hydrogen-bond donors (Lipinski definition) is 1. The van der Waals surface area contributed by atoms with E-state index >= 15 is 0 Å². The molecule has 0 radical (unpaired) electrons. The van der Waals surface area contributed by atoms with Gasteiger partial charge in [0, 0.05) is 17.5 Å². The van der Waals surface area contributed by atoms with Crippen molar-refractivity contribution in [1.29, 1.82) is 0 Å². The third kappa shape index (κ3) is 6.48. The Hall–Kier alpha value is -4.60. The number of ether oxygens (including phenoxy) is 3. The van der Waals surface area contributed by atoms with Gasteiger partial charge >= 0.3 is 12.1 Å². The van der Waals surface area contributed by atoms with Gasteiger partial charge in [0.25, 0.3) is 0 Å². The maximum absolute atomic E-state index is 13.8. The van der Waals surface area contributed by atoms with E-state index < -0.39 is 41.6 Å². The molecule has 0 saturated carbocycles. The molecule has 1 fully saturated rings. The van der Waals surface area contributed by atoms with Gasteiger partial charge in [0.1, 0.15) is 42.9 Å². The van der Waals surface area contributed by atoms with E-state index in [0.717, 1.165) is 22.3 Å². The molecule has 1 aliphatic heterocycles. The Kier molecular flexibility index (Phi) is 9.35. The summed E-state index contributed by atoms with van der Waals surface area (Å²) in [5, 5.41) is 7.19. The Bertz CT molecular complexity index is 1390. The largest absolute Gasteiger partial charge is 0.490 e. The van der Waals surface area contributed by atoms with Crippen LogP contribution in [-0.4, -0.2) is 73.6 Å². The number of benzene rings is 2. The average molecular weight is 576 g/mol. The predicted octanol–water partition coefficient (Wildman–Crippen LogP) is 4.47. The van der Waals surface area contributed by atoms with E-state index in [-0.39, 0.29) is 19.6 Å². The molecule has 0 aromatic heterocycles. The van der Waals surface area contributed by atoms with Crippen LogP contribution in [0.1, 0.15) is 38.3 Å². The number of methoxy groups -OCH3 is 1. The van der Waals surface area contributed by atoms with Gasteiger partial charge in [-0.1, -0.05) is 75.5 Å². The molecule has 2 aromatic carbocycles. The quantitative estimate of drug-likeness (QED) is 0.215. The molecule has 1 saturated heterocycles. The molecule has 0 bridgehead atoms. The van der Waals surface area contributed by atoms with Crippen molar-refractivity contribution in [3.8, 4) is 16.9 Å². The van der Waals surface area contributed by atoms with Crippen molar-refractivity contribution in [2.75, 3.05) is 26.9 Å². The van der Waals surface area contributed by atoms with Crippen LogP contribution in [0.5, 0.6) is 5.75 Å². The van der Waals surface area contributed by atoms with Crippen LogP contribution in [0, 0.1) is 5.41 Å². The smallest absolute Gasteiger partial charge is 0.408 e. The van der Waals surface area contributed by atoms with E-state index in [0.29, 0.717) is 18.1 Å². The summed E-state index contributed by atoms with van der Waals surface area (Å²) in [4.78, 5) is 46.3. The van der Waals surface area contributed by atoms with E-state index in [2.05, 4.69) is 23.6 Å². The summed E-state index contributed by atoms with van der Waals surface area (Å²) in [6.07, 6.45) is 1.92. The number of nitrogens with zero attached hydrogens (tertiary/aromatic N) is 2. The average Bonchev–Trinajstić information content (AvgIpc) is 3.54. The first kappa shape index (κ1) is 30.4. The number of oxime groups is 1. The molecule has 222 valence electrons. The number of amides is 2. The summed E-state index contributed by atoms with van der Waals surface area (Å²) in [5.74, 6) is -0.359. The molecule has 10 nitrogen and oxygen atoms in total. The molecule has 2 aliphatic rings. The molecule has 4 rings (SSSR count). The molecule has 0 spiro atoms. The second-order valence-electron chi connectivity index (χ2n) is 11.1. The zero-order valence-corrected chi connectivity index (χ0v) is 24.4. The van der Waals surface area contributed by atoms with Crippen LogP contribution in [0.15, 0.2) is 72.9 Å². The van der Waals surface area contributed by atoms with Crippen molar-refractivity contribution in [3.05, 3.63) is 78.9 Å². The number of fused-ring (bicyclic) bond motifs is 3. The maximum atomic E-state index is 13.8. The third-order valence-corrected chi connectivity index (χ3v) is 7.11. The van der Waals surface area contributed by atoms with Crippen LogP contribution in [0.25, 0.3) is 11.1 Å². The standard InChI is InChI=1S/C32H37N3O7/c1-7-15-40-20-13-14-23-22-11-9-10-12-24(22)27(25(23)17-20)34-42-21-18-26(30(37)39-6)35(19-21)29(36)28(32(3,4)5)33-31(38)41-16-8-2/h7-14,17,21,26,28H,1-2,15-16,18-19H2,3-6H3,(H,33,38)/b34-27-/t21-,26+,28-/m1/s1. The van der Waals surface area contributed by atoms with Crippen molar-refractivity contribution in [2.45, 2.75) is 45.4 Å². The number of hydrogen-bond acceptors (Lipinski definition) is 8. The summed E-state index contributed by atoms with van der Waals surface area (Å²) in [6, 6.07) is 11.8. The summed E-state index contributed by atoms with van der Waals surface area (Å²) in [5.41, 5.74) is 3.71. The van der Waals surface area contributed by atoms with Gasteiger partial charge < -0.3 is 29.3 Å². The zero-order valence-electron chi connectivity index (χ0n) is 24.4. The molecule has 42 heavy (non-hydrogen) atoms. The highest BCUT2D eigenvalue weighted by molar-refractivity contribution is 6.24. The first-order chi connectivity index (χ1) is 20.1. The first-order valence-electron chi connectivity index (χ1n) is 13.7. The third-order valence-electron chi connectivity index (χ3n) is 7.11. The molecule has 1 aliphatic carbocycles. The molecule has 1 heterocycles. The van der Waals surface area contributed by atoms with Gasteiger partial charge in [-0.25, -0.2) is 9.59 Å². The summed E-state index contributed by atoms with van der Waals surface area (Å²) < 4.78 is 15.8. The minimum atomic E-state index is -0.977. The molecule has 0 unspecified atom stereocenters. The fourth-order valence-corrected chi connectivity index (χ4v) is 5.08. The fourth-order valence-electron chi connectivity index (χ4n) is 5.08. The molecule has 1 N–H and O–H groups in total. The van der Waals surface area contributed by atoms with Crippen LogP contribution in [-0.2, 0) is 23.9 Å². The van der Waals surface area contributed by atoms with Crippen LogP contribution >= 0.6 is 0 Å².